The van der Waals surface area contributed by atoms with E-state index in [9.17, 15) is 0 Å². The first kappa shape index (κ1) is 14.9. The van der Waals surface area contributed by atoms with Crippen LogP contribution < -0.4 is 10.5 Å². The summed E-state index contributed by atoms with van der Waals surface area (Å²) in [6, 6.07) is 13.6. The summed E-state index contributed by atoms with van der Waals surface area (Å²) in [5.74, 6) is 1.56. The summed E-state index contributed by atoms with van der Waals surface area (Å²) in [6.07, 6.45) is 0. The van der Waals surface area contributed by atoms with E-state index in [0.29, 0.717) is 11.6 Å². The van der Waals surface area contributed by atoms with Crippen LogP contribution in [0.2, 0.25) is 5.02 Å². The van der Waals surface area contributed by atoms with Gasteiger partial charge in [0.2, 0.25) is 0 Å². The molecular weight excluding hydrogens is 270 g/mol. The second-order valence-corrected chi connectivity index (χ2v) is 6.24. The third kappa shape index (κ3) is 3.33. The van der Waals surface area contributed by atoms with Gasteiger partial charge in [-0.15, -0.1) is 0 Å². The molecule has 0 radical (unpaired) electrons. The van der Waals surface area contributed by atoms with E-state index in [1.807, 2.05) is 36.4 Å². The highest BCUT2D eigenvalue weighted by atomic mass is 35.5. The fourth-order valence-corrected chi connectivity index (χ4v) is 2.25. The lowest BCUT2D eigenvalue weighted by Gasteiger charge is -2.23. The quantitative estimate of drug-likeness (QED) is 0.873. The molecule has 106 valence electrons. The lowest BCUT2D eigenvalue weighted by atomic mass is 9.86. The number of benzene rings is 2. The molecule has 0 spiro atoms. The molecule has 2 rings (SSSR count). The Bertz CT molecular complexity index is 602. The van der Waals surface area contributed by atoms with Crippen LogP contribution in [-0.4, -0.2) is 0 Å². The van der Waals surface area contributed by atoms with Gasteiger partial charge in [0.25, 0.3) is 0 Å². The van der Waals surface area contributed by atoms with Crippen LogP contribution >= 0.6 is 11.6 Å². The predicted molar refractivity (Wildman–Crippen MR) is 84.6 cm³/mol. The number of hydrogen-bond acceptors (Lipinski definition) is 2. The largest absolute Gasteiger partial charge is 0.457 e. The minimum absolute atomic E-state index is 0.0120. The summed E-state index contributed by atoms with van der Waals surface area (Å²) < 4.78 is 6.07. The number of hydrogen-bond donors (Lipinski definition) is 1. The van der Waals surface area contributed by atoms with Crippen molar-refractivity contribution in [2.45, 2.75) is 32.7 Å². The highest BCUT2D eigenvalue weighted by Crippen LogP contribution is 2.35. The molecule has 0 saturated heterocycles. The SMILES string of the molecule is CC(C)(C)c1ccccc1Oc1cc(Cl)ccc1CN. The standard InChI is InChI=1S/C17H20ClNO/c1-17(2,3)14-6-4-5-7-15(14)20-16-10-13(18)9-8-12(16)11-19/h4-10H,11,19H2,1-3H3. The van der Waals surface area contributed by atoms with Crippen LogP contribution in [0.1, 0.15) is 31.9 Å². The van der Waals surface area contributed by atoms with Crippen molar-refractivity contribution in [1.82, 2.24) is 0 Å². The fraction of sp³-hybridized carbons (Fsp3) is 0.294. The molecule has 0 unspecified atom stereocenters. The fourth-order valence-electron chi connectivity index (χ4n) is 2.09. The molecule has 0 atom stereocenters. The maximum Gasteiger partial charge on any atom is 0.133 e. The number of rotatable bonds is 3. The molecule has 0 aromatic heterocycles. The highest BCUT2D eigenvalue weighted by Gasteiger charge is 2.19. The summed E-state index contributed by atoms with van der Waals surface area (Å²) in [5, 5.41) is 0.644. The van der Waals surface area contributed by atoms with E-state index < -0.39 is 0 Å². The van der Waals surface area contributed by atoms with Crippen molar-refractivity contribution in [3.8, 4) is 11.5 Å². The minimum Gasteiger partial charge on any atom is -0.457 e. The molecule has 0 fully saturated rings. The lowest BCUT2D eigenvalue weighted by Crippen LogP contribution is -2.12. The minimum atomic E-state index is 0.0120. The molecule has 0 amide bonds. The van der Waals surface area contributed by atoms with E-state index >= 15 is 0 Å². The van der Waals surface area contributed by atoms with Crippen LogP contribution in [0.5, 0.6) is 11.5 Å². The van der Waals surface area contributed by atoms with E-state index in [2.05, 4.69) is 26.8 Å². The third-order valence-electron chi connectivity index (χ3n) is 3.16. The first-order chi connectivity index (χ1) is 9.41. The van der Waals surface area contributed by atoms with Gasteiger partial charge in [-0.1, -0.05) is 56.6 Å². The van der Waals surface area contributed by atoms with Gasteiger partial charge in [-0.25, -0.2) is 0 Å². The molecule has 0 aliphatic carbocycles. The van der Waals surface area contributed by atoms with Gasteiger partial charge in [-0.3, -0.25) is 0 Å². The summed E-state index contributed by atoms with van der Waals surface area (Å²) >= 11 is 6.05. The molecule has 3 heteroatoms. The molecule has 20 heavy (non-hydrogen) atoms. The monoisotopic (exact) mass is 289 g/mol. The van der Waals surface area contributed by atoms with Crippen molar-refractivity contribution in [2.24, 2.45) is 5.73 Å². The molecule has 0 saturated carbocycles. The zero-order valence-corrected chi connectivity index (χ0v) is 12.9. The Balaban J connectivity index is 2.43. The van der Waals surface area contributed by atoms with Gasteiger partial charge in [-0.05, 0) is 23.6 Å². The van der Waals surface area contributed by atoms with Gasteiger partial charge in [-0.2, -0.15) is 0 Å². The molecule has 2 aromatic rings. The Morgan fingerprint density at radius 2 is 1.75 bits per heavy atom. The van der Waals surface area contributed by atoms with Gasteiger partial charge >= 0.3 is 0 Å². The normalized spacial score (nSPS) is 11.4. The van der Waals surface area contributed by atoms with Crippen molar-refractivity contribution in [3.05, 3.63) is 58.6 Å². The maximum absolute atomic E-state index is 6.07. The third-order valence-corrected chi connectivity index (χ3v) is 3.40. The Morgan fingerprint density at radius 1 is 1.05 bits per heavy atom. The summed E-state index contributed by atoms with van der Waals surface area (Å²) in [5.41, 5.74) is 7.87. The van der Waals surface area contributed by atoms with Crippen LogP contribution in [0.15, 0.2) is 42.5 Å². The smallest absolute Gasteiger partial charge is 0.133 e. The van der Waals surface area contributed by atoms with Gasteiger partial charge in [0.05, 0.1) is 0 Å². The van der Waals surface area contributed by atoms with Gasteiger partial charge in [0.15, 0.2) is 0 Å². The number of ether oxygens (including phenoxy) is 1. The first-order valence-corrected chi connectivity index (χ1v) is 7.05. The van der Waals surface area contributed by atoms with Gasteiger partial charge in [0, 0.05) is 22.7 Å². The number of para-hydroxylation sites is 1. The Labute approximate surface area is 125 Å². The van der Waals surface area contributed by atoms with Gasteiger partial charge in [0.1, 0.15) is 11.5 Å². The topological polar surface area (TPSA) is 35.2 Å². The van der Waals surface area contributed by atoms with Crippen LogP contribution in [0.3, 0.4) is 0 Å². The van der Waals surface area contributed by atoms with Gasteiger partial charge < -0.3 is 10.5 Å². The van der Waals surface area contributed by atoms with E-state index in [0.717, 1.165) is 22.6 Å². The van der Waals surface area contributed by atoms with E-state index in [4.69, 9.17) is 22.1 Å². The average molecular weight is 290 g/mol. The van der Waals surface area contributed by atoms with Crippen molar-refractivity contribution in [2.75, 3.05) is 0 Å². The molecule has 0 bridgehead atoms. The predicted octanol–water partition coefficient (Wildman–Crippen LogP) is 4.89. The molecular formula is C17H20ClNO. The molecule has 2 nitrogen and oxygen atoms in total. The molecule has 0 heterocycles. The van der Waals surface area contributed by atoms with Crippen molar-refractivity contribution in [3.63, 3.8) is 0 Å². The lowest BCUT2D eigenvalue weighted by molar-refractivity contribution is 0.450. The zero-order valence-electron chi connectivity index (χ0n) is 12.1. The summed E-state index contributed by atoms with van der Waals surface area (Å²) in [7, 11) is 0. The van der Waals surface area contributed by atoms with Crippen LogP contribution in [0.4, 0.5) is 0 Å². The molecule has 0 aliphatic rings. The first-order valence-electron chi connectivity index (χ1n) is 6.67. The molecule has 2 N–H and O–H groups in total. The average Bonchev–Trinajstić information content (AvgIpc) is 2.38. The summed E-state index contributed by atoms with van der Waals surface area (Å²) in [4.78, 5) is 0. The number of halogens is 1. The second kappa shape index (κ2) is 5.86. The van der Waals surface area contributed by atoms with E-state index in [1.54, 1.807) is 0 Å². The van der Waals surface area contributed by atoms with Crippen molar-refractivity contribution in [1.29, 1.82) is 0 Å². The summed E-state index contributed by atoms with van der Waals surface area (Å²) in [6.45, 7) is 6.91. The van der Waals surface area contributed by atoms with E-state index in [-0.39, 0.29) is 5.41 Å². The second-order valence-electron chi connectivity index (χ2n) is 5.80. The maximum atomic E-state index is 6.07. The Morgan fingerprint density at radius 3 is 2.40 bits per heavy atom. The van der Waals surface area contributed by atoms with Crippen LogP contribution in [0, 0.1) is 0 Å². The highest BCUT2D eigenvalue weighted by molar-refractivity contribution is 6.30. The van der Waals surface area contributed by atoms with E-state index in [1.165, 1.54) is 0 Å². The Kier molecular flexibility index (Phi) is 4.36. The zero-order chi connectivity index (χ0) is 14.8. The van der Waals surface area contributed by atoms with Crippen LogP contribution in [0.25, 0.3) is 0 Å². The Hall–Kier alpha value is -1.51. The number of nitrogens with two attached hydrogens (primary N) is 1. The van der Waals surface area contributed by atoms with Crippen LogP contribution in [-0.2, 0) is 12.0 Å². The van der Waals surface area contributed by atoms with Crippen molar-refractivity contribution >= 4 is 11.6 Å². The van der Waals surface area contributed by atoms with Crippen molar-refractivity contribution < 1.29 is 4.74 Å². The molecule has 0 aliphatic heterocycles. The molecule has 2 aromatic carbocycles.